The van der Waals surface area contributed by atoms with E-state index < -0.39 is 29.9 Å². The summed E-state index contributed by atoms with van der Waals surface area (Å²) in [5.74, 6) is 0.191. The van der Waals surface area contributed by atoms with Gasteiger partial charge < -0.3 is 35.7 Å². The average molecular weight is 440 g/mol. The van der Waals surface area contributed by atoms with Crippen molar-refractivity contribution in [3.05, 3.63) is 48.7 Å². The molecular weight excluding hydrogens is 419 g/mol. The van der Waals surface area contributed by atoms with Crippen molar-refractivity contribution >= 4 is 33.6 Å². The molecule has 11 heteroatoms. The minimum absolute atomic E-state index is 0.0191. The fourth-order valence-electron chi connectivity index (χ4n) is 3.92. The second kappa shape index (κ2) is 7.26. The number of aromatic nitrogens is 4. The number of aliphatic hydroxyl groups excluding tert-OH is 1. The molecule has 32 heavy (non-hydrogen) atoms. The Morgan fingerprint density at radius 2 is 2.03 bits per heavy atom. The van der Waals surface area contributed by atoms with Crippen LogP contribution in [-0.4, -0.2) is 54.1 Å². The van der Waals surface area contributed by atoms with Crippen molar-refractivity contribution < 1.29 is 24.1 Å². The largest absolute Gasteiger partial charge is 0.491 e. The first-order valence-corrected chi connectivity index (χ1v) is 9.87. The van der Waals surface area contributed by atoms with Crippen LogP contribution in [0.5, 0.6) is 5.75 Å². The molecule has 6 N–H and O–H groups in total. The molecule has 1 aromatic carbocycles. The van der Waals surface area contributed by atoms with Crippen LogP contribution >= 0.6 is 0 Å². The van der Waals surface area contributed by atoms with Gasteiger partial charge in [-0.3, -0.25) is 0 Å². The van der Waals surface area contributed by atoms with E-state index in [2.05, 4.69) is 15.0 Å². The molecule has 0 aliphatic carbocycles. The zero-order valence-corrected chi connectivity index (χ0v) is 17.0. The molecule has 0 bridgehead atoms. The number of aliphatic hydroxyl groups is 2. The van der Waals surface area contributed by atoms with Crippen LogP contribution in [0.1, 0.15) is 13.2 Å². The zero-order valence-electron chi connectivity index (χ0n) is 17.0. The molecule has 0 radical (unpaired) electrons. The lowest BCUT2D eigenvalue weighted by molar-refractivity contribution is -0.0765. The third-order valence-electron chi connectivity index (χ3n) is 5.78. The summed E-state index contributed by atoms with van der Waals surface area (Å²) >= 11 is 0. The summed E-state index contributed by atoms with van der Waals surface area (Å²) in [6.07, 6.45) is -1.12. The molecule has 0 spiro atoms. The number of nitrogen functional groups attached to an aromatic ring is 2. The minimum atomic E-state index is -1.68. The number of hydrogen-bond donors (Lipinski definition) is 4. The molecule has 0 amide bonds. The highest BCUT2D eigenvalue weighted by atomic mass is 19.1. The van der Waals surface area contributed by atoms with Crippen molar-refractivity contribution in [1.82, 2.24) is 19.5 Å². The van der Waals surface area contributed by atoms with Gasteiger partial charge in [-0.15, -0.1) is 0 Å². The normalized spacial score (nSPS) is 25.6. The molecule has 4 unspecified atom stereocenters. The van der Waals surface area contributed by atoms with Crippen molar-refractivity contribution in [3.63, 3.8) is 0 Å². The van der Waals surface area contributed by atoms with Crippen molar-refractivity contribution in [2.75, 3.05) is 18.1 Å². The molecule has 1 fully saturated rings. The molecule has 1 saturated heterocycles. The van der Waals surface area contributed by atoms with E-state index >= 15 is 0 Å². The lowest BCUT2D eigenvalue weighted by Gasteiger charge is -2.26. The van der Waals surface area contributed by atoms with Gasteiger partial charge in [0.05, 0.1) is 10.9 Å². The van der Waals surface area contributed by atoms with Crippen LogP contribution in [-0.2, 0) is 4.74 Å². The molecule has 5 rings (SSSR count). The van der Waals surface area contributed by atoms with Crippen molar-refractivity contribution in [2.45, 2.75) is 31.0 Å². The highest BCUT2D eigenvalue weighted by Gasteiger charge is 2.53. The Balaban J connectivity index is 1.40. The van der Waals surface area contributed by atoms with E-state index in [0.717, 1.165) is 11.6 Å². The van der Waals surface area contributed by atoms with E-state index in [0.29, 0.717) is 17.1 Å². The summed E-state index contributed by atoms with van der Waals surface area (Å²) in [5, 5.41) is 22.6. The highest BCUT2D eigenvalue weighted by molar-refractivity contribution is 5.86. The number of rotatable bonds is 4. The maximum atomic E-state index is 14.4. The second-order valence-corrected chi connectivity index (χ2v) is 7.93. The molecule has 10 nitrogen and oxygen atoms in total. The van der Waals surface area contributed by atoms with Crippen molar-refractivity contribution in [1.29, 1.82) is 0 Å². The molecule has 4 aromatic rings. The van der Waals surface area contributed by atoms with E-state index in [-0.39, 0.29) is 23.5 Å². The van der Waals surface area contributed by atoms with E-state index in [4.69, 9.17) is 20.9 Å². The van der Waals surface area contributed by atoms with Crippen LogP contribution in [0.25, 0.3) is 21.9 Å². The van der Waals surface area contributed by atoms with E-state index in [1.165, 1.54) is 17.8 Å². The van der Waals surface area contributed by atoms with Crippen LogP contribution in [0.3, 0.4) is 0 Å². The number of hydrogen-bond acceptors (Lipinski definition) is 9. The Bertz CT molecular complexity index is 1330. The maximum absolute atomic E-state index is 14.4. The molecule has 0 saturated carbocycles. The molecular formula is C21H21FN6O4. The number of nitrogens with zero attached hydrogens (tertiary/aromatic N) is 4. The maximum Gasteiger partial charge on any atom is 0.164 e. The lowest BCUT2D eigenvalue weighted by Crippen LogP contribution is -2.47. The van der Waals surface area contributed by atoms with Gasteiger partial charge in [0, 0.05) is 17.6 Å². The zero-order chi connectivity index (χ0) is 22.6. The number of halogens is 1. The van der Waals surface area contributed by atoms with Gasteiger partial charge in [-0.1, -0.05) is 0 Å². The van der Waals surface area contributed by atoms with Crippen molar-refractivity contribution in [2.24, 2.45) is 0 Å². The highest BCUT2D eigenvalue weighted by Crippen LogP contribution is 2.39. The Morgan fingerprint density at radius 1 is 1.25 bits per heavy atom. The molecule has 1 aliphatic heterocycles. The third-order valence-corrected chi connectivity index (χ3v) is 5.78. The van der Waals surface area contributed by atoms with Gasteiger partial charge >= 0.3 is 0 Å². The van der Waals surface area contributed by atoms with Crippen LogP contribution in [0.2, 0.25) is 0 Å². The first kappa shape index (κ1) is 20.4. The number of ether oxygens (including phenoxy) is 2. The number of pyridine rings is 1. The fraction of sp³-hybridized carbons (Fsp3) is 0.286. The van der Waals surface area contributed by atoms with Gasteiger partial charge in [-0.2, -0.15) is 0 Å². The summed E-state index contributed by atoms with van der Waals surface area (Å²) < 4.78 is 27.5. The monoisotopic (exact) mass is 440 g/mol. The second-order valence-electron chi connectivity index (χ2n) is 7.93. The topological polar surface area (TPSA) is 155 Å². The Hall–Kier alpha value is -3.54. The smallest absolute Gasteiger partial charge is 0.164 e. The first-order chi connectivity index (χ1) is 15.3. The summed E-state index contributed by atoms with van der Waals surface area (Å²) in [6, 6.07) is 8.87. The molecule has 3 aromatic heterocycles. The van der Waals surface area contributed by atoms with Crippen LogP contribution in [0, 0.1) is 5.82 Å². The molecule has 1 aliphatic rings. The Labute approximate surface area is 181 Å². The summed E-state index contributed by atoms with van der Waals surface area (Å²) in [5.41, 5.74) is 10.6. The summed E-state index contributed by atoms with van der Waals surface area (Å²) in [7, 11) is 0. The SMILES string of the molecule is CC1(O)C(COc2ccc3ccc(N)nc3c2)OC(n2cc(F)c3c(N)ncnc32)C1O. The van der Waals surface area contributed by atoms with E-state index in [1.54, 1.807) is 18.2 Å². The predicted molar refractivity (Wildman–Crippen MR) is 114 cm³/mol. The van der Waals surface area contributed by atoms with Crippen LogP contribution in [0.15, 0.2) is 42.9 Å². The Kier molecular flexibility index (Phi) is 4.62. The van der Waals surface area contributed by atoms with Gasteiger partial charge in [0.2, 0.25) is 0 Å². The summed E-state index contributed by atoms with van der Waals surface area (Å²) in [4.78, 5) is 12.1. The first-order valence-electron chi connectivity index (χ1n) is 9.87. The lowest BCUT2D eigenvalue weighted by atomic mass is 9.95. The van der Waals surface area contributed by atoms with Gasteiger partial charge in [0.25, 0.3) is 0 Å². The van der Waals surface area contributed by atoms with Gasteiger partial charge in [-0.25, -0.2) is 19.3 Å². The fourth-order valence-corrected chi connectivity index (χ4v) is 3.92. The van der Waals surface area contributed by atoms with Crippen LogP contribution < -0.4 is 16.2 Å². The third kappa shape index (κ3) is 3.18. The van der Waals surface area contributed by atoms with Gasteiger partial charge in [0.1, 0.15) is 48.1 Å². The predicted octanol–water partition coefficient (Wildman–Crippen LogP) is 1.37. The van der Waals surface area contributed by atoms with Gasteiger partial charge in [-0.05, 0) is 31.2 Å². The average Bonchev–Trinajstić information content (AvgIpc) is 3.20. The van der Waals surface area contributed by atoms with E-state index in [9.17, 15) is 14.6 Å². The number of fused-ring (bicyclic) bond motifs is 2. The van der Waals surface area contributed by atoms with Gasteiger partial charge in [0.15, 0.2) is 17.7 Å². The van der Waals surface area contributed by atoms with E-state index in [1.807, 2.05) is 12.1 Å². The summed E-state index contributed by atoms with van der Waals surface area (Å²) in [6.45, 7) is 1.35. The van der Waals surface area contributed by atoms with Crippen LogP contribution in [0.4, 0.5) is 16.0 Å². The number of benzene rings is 1. The quantitative estimate of drug-likeness (QED) is 0.368. The Morgan fingerprint density at radius 3 is 2.84 bits per heavy atom. The molecule has 4 atom stereocenters. The standard InChI is InChI=1S/C21H21FN6O4/c1-21(30)14(8-31-11-4-2-10-3-5-15(23)27-13(10)6-11)32-20(17(21)29)28-7-12(22)16-18(24)25-9-26-19(16)28/h2-7,9,14,17,20,29-30H,8H2,1H3,(H2,23,27)(H2,24,25,26). The minimum Gasteiger partial charge on any atom is -0.491 e. The number of nitrogens with two attached hydrogens (primary N) is 2. The molecule has 4 heterocycles. The van der Waals surface area contributed by atoms with Crippen molar-refractivity contribution in [3.8, 4) is 5.75 Å². The number of anilines is 2. The molecule has 166 valence electrons.